The van der Waals surface area contributed by atoms with Crippen LogP contribution in [-0.4, -0.2) is 23.9 Å². The van der Waals surface area contributed by atoms with Crippen molar-refractivity contribution in [2.24, 2.45) is 5.10 Å². The van der Waals surface area contributed by atoms with Crippen molar-refractivity contribution in [3.63, 3.8) is 0 Å². The van der Waals surface area contributed by atoms with Crippen molar-refractivity contribution in [2.75, 3.05) is 12.1 Å². The number of hydrogen-bond donors (Lipinski definition) is 2. The first-order valence-corrected chi connectivity index (χ1v) is 12.1. The SMILES string of the molecule is O=C(N/N=C\c1cc2c(cc1Br)OCO2)c1ccc(-c2csc(Nc3ccc(Cl)cc3)n2)cc1. The summed E-state index contributed by atoms with van der Waals surface area (Å²) in [6, 6.07) is 18.2. The second kappa shape index (κ2) is 9.84. The molecule has 0 saturated carbocycles. The van der Waals surface area contributed by atoms with Gasteiger partial charge in [-0.3, -0.25) is 4.79 Å². The largest absolute Gasteiger partial charge is 0.454 e. The van der Waals surface area contributed by atoms with Crippen molar-refractivity contribution in [3.8, 4) is 22.8 Å². The second-order valence-electron chi connectivity index (χ2n) is 7.17. The van der Waals surface area contributed by atoms with E-state index in [1.54, 1.807) is 30.5 Å². The first-order chi connectivity index (χ1) is 16.5. The fraction of sp³-hybridized carbons (Fsp3) is 0.0417. The van der Waals surface area contributed by atoms with Crippen molar-refractivity contribution < 1.29 is 14.3 Å². The van der Waals surface area contributed by atoms with Gasteiger partial charge in [-0.1, -0.05) is 23.7 Å². The molecule has 0 bridgehead atoms. The van der Waals surface area contributed by atoms with Crippen LogP contribution in [0.2, 0.25) is 5.02 Å². The molecule has 7 nitrogen and oxygen atoms in total. The topological polar surface area (TPSA) is 84.8 Å². The third kappa shape index (κ3) is 5.06. The summed E-state index contributed by atoms with van der Waals surface area (Å²) in [5.74, 6) is 0.990. The minimum atomic E-state index is -0.317. The first kappa shape index (κ1) is 22.4. The zero-order valence-corrected chi connectivity index (χ0v) is 20.6. The van der Waals surface area contributed by atoms with E-state index in [0.717, 1.165) is 32.1 Å². The van der Waals surface area contributed by atoms with Crippen LogP contribution in [0.25, 0.3) is 11.3 Å². The number of carbonyl (C=O) groups is 1. The van der Waals surface area contributed by atoms with Crippen molar-refractivity contribution in [3.05, 3.63) is 86.7 Å². The molecule has 34 heavy (non-hydrogen) atoms. The average Bonchev–Trinajstić information content (AvgIpc) is 3.50. The Morgan fingerprint density at radius 2 is 1.82 bits per heavy atom. The molecule has 0 atom stereocenters. The lowest BCUT2D eigenvalue weighted by molar-refractivity contribution is 0.0955. The number of ether oxygens (including phenoxy) is 2. The lowest BCUT2D eigenvalue weighted by atomic mass is 10.1. The van der Waals surface area contributed by atoms with Crippen molar-refractivity contribution >= 4 is 61.8 Å². The summed E-state index contributed by atoms with van der Waals surface area (Å²) >= 11 is 10.9. The van der Waals surface area contributed by atoms with Crippen molar-refractivity contribution in [1.29, 1.82) is 0 Å². The van der Waals surface area contributed by atoms with Gasteiger partial charge in [-0.15, -0.1) is 11.3 Å². The van der Waals surface area contributed by atoms with Crippen molar-refractivity contribution in [2.45, 2.75) is 0 Å². The van der Waals surface area contributed by atoms with Crippen LogP contribution in [0, 0.1) is 0 Å². The molecule has 0 saturated heterocycles. The molecule has 0 unspecified atom stereocenters. The Morgan fingerprint density at radius 1 is 1.09 bits per heavy atom. The van der Waals surface area contributed by atoms with E-state index in [-0.39, 0.29) is 12.7 Å². The second-order valence-corrected chi connectivity index (χ2v) is 9.32. The predicted octanol–water partition coefficient (Wildman–Crippen LogP) is 6.46. The molecule has 4 aromatic rings. The Balaban J connectivity index is 1.21. The lowest BCUT2D eigenvalue weighted by Gasteiger charge is -2.03. The maximum Gasteiger partial charge on any atom is 0.271 e. The number of aromatic nitrogens is 1. The third-order valence-corrected chi connectivity index (χ3v) is 6.60. The number of anilines is 2. The number of halogens is 2. The zero-order chi connectivity index (χ0) is 23.5. The highest BCUT2D eigenvalue weighted by atomic mass is 79.9. The standard InChI is InChI=1S/C24H16BrClN4O3S/c25-19-10-22-21(32-13-33-22)9-16(19)11-27-30-23(31)15-3-1-14(2-4-15)20-12-34-24(29-20)28-18-7-5-17(26)6-8-18/h1-12H,13H2,(H,28,29)(H,30,31)/b27-11-. The molecule has 1 aliphatic rings. The van der Waals surface area contributed by atoms with Crippen LogP contribution in [0.3, 0.4) is 0 Å². The molecule has 0 radical (unpaired) electrons. The summed E-state index contributed by atoms with van der Waals surface area (Å²) in [4.78, 5) is 17.1. The summed E-state index contributed by atoms with van der Waals surface area (Å²) in [5, 5.41) is 10.7. The van der Waals surface area contributed by atoms with Gasteiger partial charge >= 0.3 is 0 Å². The molecule has 170 valence electrons. The number of carbonyl (C=O) groups excluding carboxylic acids is 1. The van der Waals surface area contributed by atoms with Gasteiger partial charge in [0, 0.05) is 37.3 Å². The van der Waals surface area contributed by atoms with Crippen LogP contribution in [0.4, 0.5) is 10.8 Å². The highest BCUT2D eigenvalue weighted by Gasteiger charge is 2.15. The number of benzene rings is 3. The highest BCUT2D eigenvalue weighted by molar-refractivity contribution is 9.10. The maximum absolute atomic E-state index is 12.5. The molecule has 2 N–H and O–H groups in total. The number of hydrazone groups is 1. The van der Waals surface area contributed by atoms with Crippen LogP contribution in [-0.2, 0) is 0 Å². The Hall–Kier alpha value is -3.40. The van der Waals surface area contributed by atoms with E-state index in [1.165, 1.54) is 11.3 Å². The normalized spacial score (nSPS) is 12.2. The molecule has 1 aliphatic heterocycles. The van der Waals surface area contributed by atoms with Crippen LogP contribution in [0.15, 0.2) is 75.6 Å². The molecular formula is C24H16BrClN4O3S. The monoisotopic (exact) mass is 554 g/mol. The molecule has 1 aromatic heterocycles. The van der Waals surface area contributed by atoms with E-state index in [9.17, 15) is 4.79 Å². The Kier molecular flexibility index (Phi) is 6.48. The van der Waals surface area contributed by atoms with E-state index in [4.69, 9.17) is 21.1 Å². The average molecular weight is 556 g/mol. The van der Waals surface area contributed by atoms with Gasteiger partial charge in [0.05, 0.1) is 11.9 Å². The van der Waals surface area contributed by atoms with Gasteiger partial charge in [0.15, 0.2) is 16.6 Å². The Morgan fingerprint density at radius 3 is 2.59 bits per heavy atom. The molecule has 0 fully saturated rings. The van der Waals surface area contributed by atoms with Gasteiger partial charge in [-0.25, -0.2) is 10.4 Å². The first-order valence-electron chi connectivity index (χ1n) is 10.1. The van der Waals surface area contributed by atoms with Gasteiger partial charge in [0.1, 0.15) is 0 Å². The summed E-state index contributed by atoms with van der Waals surface area (Å²) in [5.41, 5.74) is 6.42. The van der Waals surface area contributed by atoms with Crippen LogP contribution in [0.5, 0.6) is 11.5 Å². The van der Waals surface area contributed by atoms with E-state index >= 15 is 0 Å². The van der Waals surface area contributed by atoms with Gasteiger partial charge in [0.25, 0.3) is 5.91 Å². The molecule has 0 aliphatic carbocycles. The molecule has 10 heteroatoms. The van der Waals surface area contributed by atoms with E-state index in [1.807, 2.05) is 41.8 Å². The summed E-state index contributed by atoms with van der Waals surface area (Å²) in [7, 11) is 0. The minimum absolute atomic E-state index is 0.191. The molecule has 3 aromatic carbocycles. The molecule has 0 spiro atoms. The number of rotatable bonds is 6. The minimum Gasteiger partial charge on any atom is -0.454 e. The number of fused-ring (bicyclic) bond motifs is 1. The summed E-state index contributed by atoms with van der Waals surface area (Å²) in [6.07, 6.45) is 1.54. The quantitative estimate of drug-likeness (QED) is 0.211. The van der Waals surface area contributed by atoms with E-state index in [2.05, 4.69) is 36.8 Å². The van der Waals surface area contributed by atoms with Crippen LogP contribution >= 0.6 is 38.9 Å². The van der Waals surface area contributed by atoms with E-state index < -0.39 is 0 Å². The molecule has 5 rings (SSSR count). The molecular weight excluding hydrogens is 540 g/mol. The number of nitrogens with one attached hydrogen (secondary N) is 2. The predicted molar refractivity (Wildman–Crippen MR) is 138 cm³/mol. The highest BCUT2D eigenvalue weighted by Crippen LogP contribution is 2.36. The van der Waals surface area contributed by atoms with Gasteiger partial charge < -0.3 is 14.8 Å². The van der Waals surface area contributed by atoms with Gasteiger partial charge in [-0.05, 0) is 64.5 Å². The number of amides is 1. The van der Waals surface area contributed by atoms with Gasteiger partial charge in [0.2, 0.25) is 6.79 Å². The summed E-state index contributed by atoms with van der Waals surface area (Å²) < 4.78 is 11.5. The summed E-state index contributed by atoms with van der Waals surface area (Å²) in [6.45, 7) is 0.191. The van der Waals surface area contributed by atoms with Gasteiger partial charge in [-0.2, -0.15) is 5.10 Å². The van der Waals surface area contributed by atoms with Crippen molar-refractivity contribution in [1.82, 2.24) is 10.4 Å². The third-order valence-electron chi connectivity index (χ3n) is 4.90. The van der Waals surface area contributed by atoms with Crippen LogP contribution < -0.4 is 20.2 Å². The maximum atomic E-state index is 12.5. The Bertz CT molecular complexity index is 1370. The van der Waals surface area contributed by atoms with E-state index in [0.29, 0.717) is 22.1 Å². The number of thiazole rings is 1. The van der Waals surface area contributed by atoms with Crippen LogP contribution in [0.1, 0.15) is 15.9 Å². The number of hydrogen-bond acceptors (Lipinski definition) is 7. The molecule has 2 heterocycles. The smallest absolute Gasteiger partial charge is 0.271 e. The Labute approximate surface area is 212 Å². The zero-order valence-electron chi connectivity index (χ0n) is 17.4. The fourth-order valence-electron chi connectivity index (χ4n) is 3.17. The number of nitrogens with zero attached hydrogens (tertiary/aromatic N) is 2. The lowest BCUT2D eigenvalue weighted by Crippen LogP contribution is -2.17. The molecule has 1 amide bonds. The fourth-order valence-corrected chi connectivity index (χ4v) is 4.46.